The van der Waals surface area contributed by atoms with Crippen molar-refractivity contribution in [3.8, 4) is 11.5 Å². The summed E-state index contributed by atoms with van der Waals surface area (Å²) in [5.41, 5.74) is 7.02. The Morgan fingerprint density at radius 2 is 1.84 bits per heavy atom. The number of nitrogens with zero attached hydrogens (tertiary/aromatic N) is 1. The summed E-state index contributed by atoms with van der Waals surface area (Å²) in [4.78, 5) is 4.70. The van der Waals surface area contributed by atoms with E-state index in [1.54, 1.807) is 21.3 Å². The molecule has 25 heavy (non-hydrogen) atoms. The maximum atomic E-state index is 6.12. The molecule has 0 heterocycles. The average molecular weight is 463 g/mol. The summed E-state index contributed by atoms with van der Waals surface area (Å²) in [5, 5.41) is 3.14. The standard InChI is InChI=1S/C18H29N3O3.HI/c1-6-18(7-2)15(11-16(18)24-5)21-17(19)20-12-8-9-13(22-3)14(10-12)23-4;/h8-10,15-16H,6-7,11H2,1-5H3,(H3,19,20,21);1H. The van der Waals surface area contributed by atoms with Gasteiger partial charge in [0.15, 0.2) is 17.5 Å². The zero-order valence-electron chi connectivity index (χ0n) is 15.7. The topological polar surface area (TPSA) is 78.1 Å². The highest BCUT2D eigenvalue weighted by Gasteiger charge is 2.53. The first kappa shape index (κ1) is 21.8. The molecule has 1 fully saturated rings. The van der Waals surface area contributed by atoms with Gasteiger partial charge in [0.05, 0.1) is 26.4 Å². The van der Waals surface area contributed by atoms with E-state index in [2.05, 4.69) is 19.2 Å². The van der Waals surface area contributed by atoms with Gasteiger partial charge < -0.3 is 25.3 Å². The SMILES string of the molecule is CCC1(CC)C(N=C(N)Nc2ccc(OC)c(OC)c2)CC1OC.I. The van der Waals surface area contributed by atoms with Crippen LogP contribution in [-0.4, -0.2) is 39.4 Å². The first-order chi connectivity index (χ1) is 11.5. The maximum Gasteiger partial charge on any atom is 0.193 e. The van der Waals surface area contributed by atoms with Crippen molar-refractivity contribution in [2.45, 2.75) is 45.3 Å². The second kappa shape index (κ2) is 9.47. The Bertz CT molecular complexity index is 591. The predicted octanol–water partition coefficient (Wildman–Crippen LogP) is 3.64. The highest BCUT2D eigenvalue weighted by molar-refractivity contribution is 14.0. The van der Waals surface area contributed by atoms with Crippen LogP contribution in [0.4, 0.5) is 5.69 Å². The predicted molar refractivity (Wildman–Crippen MR) is 112 cm³/mol. The molecule has 6 nitrogen and oxygen atoms in total. The van der Waals surface area contributed by atoms with Crippen molar-refractivity contribution in [1.82, 2.24) is 0 Å². The lowest BCUT2D eigenvalue weighted by Crippen LogP contribution is -2.57. The molecule has 0 bridgehead atoms. The van der Waals surface area contributed by atoms with E-state index in [-0.39, 0.29) is 41.5 Å². The van der Waals surface area contributed by atoms with Gasteiger partial charge in [0.25, 0.3) is 0 Å². The summed E-state index contributed by atoms with van der Waals surface area (Å²) in [6.07, 6.45) is 3.22. The molecule has 1 aliphatic rings. The van der Waals surface area contributed by atoms with Crippen molar-refractivity contribution in [3.05, 3.63) is 18.2 Å². The van der Waals surface area contributed by atoms with Gasteiger partial charge in [-0.05, 0) is 31.4 Å². The molecule has 1 aromatic rings. The fourth-order valence-corrected chi connectivity index (χ4v) is 3.68. The Hall–Kier alpha value is -1.22. The van der Waals surface area contributed by atoms with E-state index in [0.29, 0.717) is 17.5 Å². The van der Waals surface area contributed by atoms with E-state index >= 15 is 0 Å². The summed E-state index contributed by atoms with van der Waals surface area (Å²) < 4.78 is 16.2. The summed E-state index contributed by atoms with van der Waals surface area (Å²) in [6.45, 7) is 4.38. The molecule has 2 atom stereocenters. The molecule has 7 heteroatoms. The van der Waals surface area contributed by atoms with Crippen molar-refractivity contribution in [2.24, 2.45) is 16.1 Å². The Balaban J connectivity index is 0.00000312. The normalized spacial score (nSPS) is 21.7. The number of rotatable bonds is 7. The number of nitrogens with two attached hydrogens (primary N) is 1. The highest BCUT2D eigenvalue weighted by atomic mass is 127. The quantitative estimate of drug-likeness (QED) is 0.367. The molecule has 0 aromatic heterocycles. The van der Waals surface area contributed by atoms with E-state index in [4.69, 9.17) is 24.9 Å². The van der Waals surface area contributed by atoms with Gasteiger partial charge in [-0.15, -0.1) is 24.0 Å². The molecule has 142 valence electrons. The van der Waals surface area contributed by atoms with Crippen LogP contribution < -0.4 is 20.5 Å². The Labute approximate surface area is 167 Å². The van der Waals surface area contributed by atoms with Gasteiger partial charge in [-0.2, -0.15) is 0 Å². The zero-order chi connectivity index (χ0) is 17.7. The number of methoxy groups -OCH3 is 3. The lowest BCUT2D eigenvalue weighted by Gasteiger charge is -2.53. The third-order valence-electron chi connectivity index (χ3n) is 5.29. The number of ether oxygens (including phenoxy) is 3. The van der Waals surface area contributed by atoms with Crippen LogP contribution in [0.5, 0.6) is 11.5 Å². The van der Waals surface area contributed by atoms with Crippen molar-refractivity contribution in [2.75, 3.05) is 26.6 Å². The molecule has 0 radical (unpaired) electrons. The summed E-state index contributed by atoms with van der Waals surface area (Å²) >= 11 is 0. The molecule has 0 amide bonds. The fourth-order valence-electron chi connectivity index (χ4n) is 3.68. The highest BCUT2D eigenvalue weighted by Crippen LogP contribution is 2.50. The van der Waals surface area contributed by atoms with E-state index in [1.807, 2.05) is 18.2 Å². The van der Waals surface area contributed by atoms with Crippen molar-refractivity contribution in [1.29, 1.82) is 0 Å². The van der Waals surface area contributed by atoms with Gasteiger partial charge in [0.2, 0.25) is 0 Å². The first-order valence-electron chi connectivity index (χ1n) is 8.39. The Morgan fingerprint density at radius 1 is 1.20 bits per heavy atom. The maximum absolute atomic E-state index is 6.12. The van der Waals surface area contributed by atoms with E-state index in [1.165, 1.54) is 0 Å². The molecular weight excluding hydrogens is 433 g/mol. The van der Waals surface area contributed by atoms with Crippen LogP contribution in [0.1, 0.15) is 33.1 Å². The van der Waals surface area contributed by atoms with Gasteiger partial charge in [0.1, 0.15) is 0 Å². The number of anilines is 1. The Morgan fingerprint density at radius 3 is 2.36 bits per heavy atom. The van der Waals surface area contributed by atoms with Crippen LogP contribution >= 0.6 is 24.0 Å². The molecule has 1 aromatic carbocycles. The molecule has 2 unspecified atom stereocenters. The fraction of sp³-hybridized carbons (Fsp3) is 0.611. The lowest BCUT2D eigenvalue weighted by molar-refractivity contribution is -0.111. The smallest absolute Gasteiger partial charge is 0.193 e. The van der Waals surface area contributed by atoms with Crippen molar-refractivity contribution < 1.29 is 14.2 Å². The van der Waals surface area contributed by atoms with Crippen LogP contribution in [0.3, 0.4) is 0 Å². The van der Waals surface area contributed by atoms with Gasteiger partial charge >= 0.3 is 0 Å². The molecule has 0 saturated heterocycles. The second-order valence-electron chi connectivity index (χ2n) is 6.13. The van der Waals surface area contributed by atoms with Gasteiger partial charge in [-0.3, -0.25) is 0 Å². The molecule has 1 saturated carbocycles. The first-order valence-corrected chi connectivity index (χ1v) is 8.39. The number of hydrogen-bond acceptors (Lipinski definition) is 4. The van der Waals surface area contributed by atoms with E-state index < -0.39 is 0 Å². The van der Waals surface area contributed by atoms with Crippen LogP contribution in [0.15, 0.2) is 23.2 Å². The van der Waals surface area contributed by atoms with Crippen molar-refractivity contribution >= 4 is 35.6 Å². The number of halogens is 1. The number of nitrogens with one attached hydrogen (secondary N) is 1. The summed E-state index contributed by atoms with van der Waals surface area (Å²) in [7, 11) is 4.99. The van der Waals surface area contributed by atoms with Crippen LogP contribution in [-0.2, 0) is 4.74 Å². The van der Waals surface area contributed by atoms with Crippen LogP contribution in [0.2, 0.25) is 0 Å². The average Bonchev–Trinajstić information content (AvgIpc) is 2.59. The monoisotopic (exact) mass is 463 g/mol. The van der Waals surface area contributed by atoms with Crippen LogP contribution in [0.25, 0.3) is 0 Å². The number of benzene rings is 1. The van der Waals surface area contributed by atoms with Gasteiger partial charge in [-0.25, -0.2) is 4.99 Å². The number of hydrogen-bond donors (Lipinski definition) is 2. The number of aliphatic imine (C=N–C) groups is 1. The molecule has 3 N–H and O–H groups in total. The minimum atomic E-state index is 0. The van der Waals surface area contributed by atoms with E-state index in [9.17, 15) is 0 Å². The van der Waals surface area contributed by atoms with Gasteiger partial charge in [0, 0.05) is 24.3 Å². The summed E-state index contributed by atoms with van der Waals surface area (Å²) in [6, 6.07) is 5.74. The van der Waals surface area contributed by atoms with E-state index in [0.717, 1.165) is 24.9 Å². The minimum Gasteiger partial charge on any atom is -0.493 e. The third kappa shape index (κ3) is 4.31. The third-order valence-corrected chi connectivity index (χ3v) is 5.29. The summed E-state index contributed by atoms with van der Waals surface area (Å²) in [5.74, 6) is 1.74. The zero-order valence-corrected chi connectivity index (χ0v) is 18.0. The van der Waals surface area contributed by atoms with Crippen molar-refractivity contribution in [3.63, 3.8) is 0 Å². The van der Waals surface area contributed by atoms with Crippen LogP contribution in [0, 0.1) is 5.41 Å². The minimum absolute atomic E-state index is 0. The largest absolute Gasteiger partial charge is 0.493 e. The molecule has 0 spiro atoms. The second-order valence-corrected chi connectivity index (χ2v) is 6.13. The molecule has 1 aliphatic carbocycles. The number of guanidine groups is 1. The lowest BCUT2D eigenvalue weighted by atomic mass is 9.59. The molecule has 2 rings (SSSR count). The molecular formula is C18H30IN3O3. The van der Waals surface area contributed by atoms with Gasteiger partial charge in [-0.1, -0.05) is 13.8 Å². The molecule has 0 aliphatic heterocycles. The Kier molecular flexibility index (Phi) is 8.27.